The summed E-state index contributed by atoms with van der Waals surface area (Å²) in [6.07, 6.45) is 4.36. The fourth-order valence-electron chi connectivity index (χ4n) is 1.14. The van der Waals surface area contributed by atoms with Crippen LogP contribution < -0.4 is 11.1 Å². The number of hydrogen-bond donors (Lipinski definition) is 2. The molecule has 1 atom stereocenters. The van der Waals surface area contributed by atoms with Crippen LogP contribution in [0.5, 0.6) is 0 Å². The van der Waals surface area contributed by atoms with Crippen molar-refractivity contribution >= 4 is 5.91 Å². The van der Waals surface area contributed by atoms with E-state index in [4.69, 9.17) is 5.73 Å². The maximum absolute atomic E-state index is 11.3. The van der Waals surface area contributed by atoms with Gasteiger partial charge in [0.1, 0.15) is 0 Å². The second kappa shape index (κ2) is 7.56. The highest BCUT2D eigenvalue weighted by atomic mass is 16.2. The summed E-state index contributed by atoms with van der Waals surface area (Å²) >= 11 is 0. The highest BCUT2D eigenvalue weighted by Crippen LogP contribution is 2.01. The molecular formula is C11H22N2O. The van der Waals surface area contributed by atoms with Crippen molar-refractivity contribution in [1.82, 2.24) is 5.32 Å². The molecule has 0 bridgehead atoms. The highest BCUT2D eigenvalue weighted by Gasteiger charge is 2.09. The lowest BCUT2D eigenvalue weighted by Crippen LogP contribution is -2.40. The van der Waals surface area contributed by atoms with Gasteiger partial charge in [-0.25, -0.2) is 0 Å². The van der Waals surface area contributed by atoms with Crippen molar-refractivity contribution in [1.29, 1.82) is 0 Å². The van der Waals surface area contributed by atoms with Crippen LogP contribution in [-0.2, 0) is 4.79 Å². The van der Waals surface area contributed by atoms with E-state index in [1.165, 1.54) is 0 Å². The molecule has 0 spiro atoms. The molecular weight excluding hydrogens is 176 g/mol. The number of amides is 1. The summed E-state index contributed by atoms with van der Waals surface area (Å²) in [5.41, 5.74) is 5.59. The fraction of sp³-hybridized carbons (Fsp3) is 0.727. The van der Waals surface area contributed by atoms with Gasteiger partial charge in [-0.15, -0.1) is 6.58 Å². The minimum atomic E-state index is -0.438. The van der Waals surface area contributed by atoms with Gasteiger partial charge in [0, 0.05) is 6.54 Å². The standard InChI is InChI=1S/C11H22N2O/c1-4-6-10(12)11(14)13-8-5-7-9(2)3/h4,9-10H,1,5-8,12H2,2-3H3,(H,13,14). The normalized spacial score (nSPS) is 12.6. The third-order valence-corrected chi connectivity index (χ3v) is 2.01. The summed E-state index contributed by atoms with van der Waals surface area (Å²) in [4.78, 5) is 11.3. The van der Waals surface area contributed by atoms with E-state index < -0.39 is 6.04 Å². The Hall–Kier alpha value is -0.830. The van der Waals surface area contributed by atoms with E-state index in [-0.39, 0.29) is 5.91 Å². The molecule has 0 fully saturated rings. The fourth-order valence-corrected chi connectivity index (χ4v) is 1.14. The highest BCUT2D eigenvalue weighted by molar-refractivity contribution is 5.81. The lowest BCUT2D eigenvalue weighted by Gasteiger charge is -2.10. The van der Waals surface area contributed by atoms with Crippen molar-refractivity contribution in [2.45, 2.75) is 39.2 Å². The molecule has 0 aromatic heterocycles. The van der Waals surface area contributed by atoms with Gasteiger partial charge >= 0.3 is 0 Å². The van der Waals surface area contributed by atoms with Gasteiger partial charge < -0.3 is 11.1 Å². The maximum atomic E-state index is 11.3. The third kappa shape index (κ3) is 6.66. The van der Waals surface area contributed by atoms with Crippen LogP contribution in [0, 0.1) is 5.92 Å². The summed E-state index contributed by atoms with van der Waals surface area (Å²) in [5.74, 6) is 0.613. The van der Waals surface area contributed by atoms with Crippen LogP contribution in [0.4, 0.5) is 0 Å². The molecule has 1 unspecified atom stereocenters. The van der Waals surface area contributed by atoms with Gasteiger partial charge in [0.05, 0.1) is 6.04 Å². The number of hydrogen-bond acceptors (Lipinski definition) is 2. The molecule has 0 aliphatic heterocycles. The zero-order chi connectivity index (χ0) is 11.0. The topological polar surface area (TPSA) is 55.1 Å². The molecule has 82 valence electrons. The van der Waals surface area contributed by atoms with Gasteiger partial charge in [0.15, 0.2) is 0 Å². The molecule has 0 aromatic carbocycles. The molecule has 3 heteroatoms. The van der Waals surface area contributed by atoms with E-state index in [1.54, 1.807) is 6.08 Å². The van der Waals surface area contributed by atoms with Crippen molar-refractivity contribution in [2.24, 2.45) is 11.7 Å². The molecule has 0 rings (SSSR count). The first kappa shape index (κ1) is 13.2. The monoisotopic (exact) mass is 198 g/mol. The van der Waals surface area contributed by atoms with Gasteiger partial charge in [0.25, 0.3) is 0 Å². The number of rotatable bonds is 7. The Kier molecular flexibility index (Phi) is 7.11. The summed E-state index contributed by atoms with van der Waals surface area (Å²) in [6, 6.07) is -0.438. The Labute approximate surface area is 86.8 Å². The molecule has 0 aliphatic carbocycles. The van der Waals surface area contributed by atoms with Crippen molar-refractivity contribution in [2.75, 3.05) is 6.54 Å². The van der Waals surface area contributed by atoms with E-state index in [2.05, 4.69) is 25.7 Å². The van der Waals surface area contributed by atoms with Gasteiger partial charge in [0.2, 0.25) is 5.91 Å². The van der Waals surface area contributed by atoms with Gasteiger partial charge in [-0.05, 0) is 25.2 Å². The zero-order valence-corrected chi connectivity index (χ0v) is 9.25. The SMILES string of the molecule is C=CCC(N)C(=O)NCCCC(C)C. The van der Waals surface area contributed by atoms with Crippen molar-refractivity contribution < 1.29 is 4.79 Å². The van der Waals surface area contributed by atoms with E-state index in [0.717, 1.165) is 19.4 Å². The Morgan fingerprint density at radius 2 is 2.21 bits per heavy atom. The van der Waals surface area contributed by atoms with E-state index >= 15 is 0 Å². The van der Waals surface area contributed by atoms with Crippen molar-refractivity contribution in [3.8, 4) is 0 Å². The number of carbonyl (C=O) groups excluding carboxylic acids is 1. The molecule has 0 heterocycles. The smallest absolute Gasteiger partial charge is 0.237 e. The Morgan fingerprint density at radius 3 is 2.71 bits per heavy atom. The summed E-state index contributed by atoms with van der Waals surface area (Å²) in [6.45, 7) is 8.61. The van der Waals surface area contributed by atoms with Crippen LogP contribution in [0.3, 0.4) is 0 Å². The van der Waals surface area contributed by atoms with Crippen LogP contribution in [0.2, 0.25) is 0 Å². The Bertz CT molecular complexity index is 178. The Morgan fingerprint density at radius 1 is 1.57 bits per heavy atom. The van der Waals surface area contributed by atoms with Gasteiger partial charge in [-0.1, -0.05) is 19.9 Å². The number of carbonyl (C=O) groups is 1. The van der Waals surface area contributed by atoms with E-state index in [9.17, 15) is 4.79 Å². The quantitative estimate of drug-likeness (QED) is 0.480. The third-order valence-electron chi connectivity index (χ3n) is 2.01. The molecule has 3 N–H and O–H groups in total. The average Bonchev–Trinajstić information content (AvgIpc) is 2.12. The molecule has 3 nitrogen and oxygen atoms in total. The van der Waals surface area contributed by atoms with Crippen LogP contribution in [-0.4, -0.2) is 18.5 Å². The lowest BCUT2D eigenvalue weighted by molar-refractivity contribution is -0.122. The molecule has 0 saturated heterocycles. The first-order valence-corrected chi connectivity index (χ1v) is 5.22. The maximum Gasteiger partial charge on any atom is 0.237 e. The van der Waals surface area contributed by atoms with Gasteiger partial charge in [-0.3, -0.25) is 4.79 Å². The van der Waals surface area contributed by atoms with Crippen molar-refractivity contribution in [3.63, 3.8) is 0 Å². The average molecular weight is 198 g/mol. The van der Waals surface area contributed by atoms with Crippen LogP contribution in [0.1, 0.15) is 33.1 Å². The molecule has 14 heavy (non-hydrogen) atoms. The molecule has 0 radical (unpaired) electrons. The first-order chi connectivity index (χ1) is 6.57. The molecule has 1 amide bonds. The van der Waals surface area contributed by atoms with Crippen LogP contribution >= 0.6 is 0 Å². The lowest BCUT2D eigenvalue weighted by atomic mass is 10.1. The Balaban J connectivity index is 3.48. The van der Waals surface area contributed by atoms with Crippen molar-refractivity contribution in [3.05, 3.63) is 12.7 Å². The first-order valence-electron chi connectivity index (χ1n) is 5.22. The predicted molar refractivity (Wildman–Crippen MR) is 59.9 cm³/mol. The van der Waals surface area contributed by atoms with E-state index in [1.807, 2.05) is 0 Å². The molecule has 0 aromatic rings. The summed E-state index contributed by atoms with van der Waals surface area (Å²) in [5, 5.41) is 2.81. The van der Waals surface area contributed by atoms with Gasteiger partial charge in [-0.2, -0.15) is 0 Å². The van der Waals surface area contributed by atoms with Crippen LogP contribution in [0.25, 0.3) is 0 Å². The minimum Gasteiger partial charge on any atom is -0.355 e. The number of nitrogens with two attached hydrogens (primary N) is 1. The second-order valence-electron chi connectivity index (χ2n) is 3.96. The molecule has 0 aliphatic rings. The largest absolute Gasteiger partial charge is 0.355 e. The summed E-state index contributed by atoms with van der Waals surface area (Å²) < 4.78 is 0. The predicted octanol–water partition coefficient (Wildman–Crippen LogP) is 1.44. The van der Waals surface area contributed by atoms with Crippen LogP contribution in [0.15, 0.2) is 12.7 Å². The number of nitrogens with one attached hydrogen (secondary N) is 1. The summed E-state index contributed by atoms with van der Waals surface area (Å²) in [7, 11) is 0. The molecule has 0 saturated carbocycles. The van der Waals surface area contributed by atoms with E-state index in [0.29, 0.717) is 12.3 Å². The zero-order valence-electron chi connectivity index (χ0n) is 9.25. The second-order valence-corrected chi connectivity index (χ2v) is 3.96. The minimum absolute atomic E-state index is 0.0753.